The molecule has 21 heavy (non-hydrogen) atoms. The van der Waals surface area contributed by atoms with Crippen molar-refractivity contribution in [1.82, 2.24) is 0 Å². The molecule has 0 heterocycles. The minimum Gasteiger partial charge on any atom is -0.413 e. The SMILES string of the molecule is C=CC[C@H](C[C@H](O)CCC)O[Si](C(C)C)(C(C)C)C(C)C. The lowest BCUT2D eigenvalue weighted by Gasteiger charge is -2.45. The molecule has 0 radical (unpaired) electrons. The van der Waals surface area contributed by atoms with Gasteiger partial charge < -0.3 is 9.53 Å². The molecule has 0 bridgehead atoms. The van der Waals surface area contributed by atoms with Crippen LogP contribution < -0.4 is 0 Å². The lowest BCUT2D eigenvalue weighted by Crippen LogP contribution is -2.50. The molecule has 0 aliphatic heterocycles. The van der Waals surface area contributed by atoms with Crippen LogP contribution in [0.4, 0.5) is 0 Å². The van der Waals surface area contributed by atoms with Crippen LogP contribution >= 0.6 is 0 Å². The van der Waals surface area contributed by atoms with Crippen LogP contribution in [0.1, 0.15) is 74.1 Å². The fraction of sp³-hybridized carbons (Fsp3) is 0.889. The number of rotatable bonds is 11. The second-order valence-corrected chi connectivity index (χ2v) is 12.7. The monoisotopic (exact) mass is 314 g/mol. The zero-order valence-corrected chi connectivity index (χ0v) is 16.4. The Morgan fingerprint density at radius 3 is 1.86 bits per heavy atom. The molecule has 0 fully saturated rings. The van der Waals surface area contributed by atoms with Crippen molar-refractivity contribution in [2.24, 2.45) is 0 Å². The highest BCUT2D eigenvalue weighted by atomic mass is 28.4. The van der Waals surface area contributed by atoms with E-state index in [2.05, 4.69) is 55.0 Å². The van der Waals surface area contributed by atoms with Gasteiger partial charge in [0.25, 0.3) is 0 Å². The normalized spacial score (nSPS) is 15.8. The van der Waals surface area contributed by atoms with Gasteiger partial charge in [0.05, 0.1) is 12.2 Å². The summed E-state index contributed by atoms with van der Waals surface area (Å²) in [6.45, 7) is 19.8. The van der Waals surface area contributed by atoms with Gasteiger partial charge in [-0.05, 0) is 35.9 Å². The molecule has 1 N–H and O–H groups in total. The predicted octanol–water partition coefficient (Wildman–Crippen LogP) is 5.67. The summed E-state index contributed by atoms with van der Waals surface area (Å²) < 4.78 is 6.79. The molecule has 0 amide bonds. The van der Waals surface area contributed by atoms with Crippen LogP contribution in [0.2, 0.25) is 16.6 Å². The Bertz CT molecular complexity index is 265. The van der Waals surface area contributed by atoms with E-state index in [0.717, 1.165) is 25.7 Å². The maximum Gasteiger partial charge on any atom is 0.200 e. The molecular weight excluding hydrogens is 276 g/mol. The summed E-state index contributed by atoms with van der Waals surface area (Å²) in [7, 11) is -1.88. The quantitative estimate of drug-likeness (QED) is 0.393. The van der Waals surface area contributed by atoms with E-state index in [1.807, 2.05) is 6.08 Å². The summed E-state index contributed by atoms with van der Waals surface area (Å²) in [5, 5.41) is 10.2. The third-order valence-electron chi connectivity index (χ3n) is 4.66. The van der Waals surface area contributed by atoms with Crippen LogP contribution in [0.5, 0.6) is 0 Å². The number of aliphatic hydroxyl groups excluding tert-OH is 1. The molecule has 0 spiro atoms. The summed E-state index contributed by atoms with van der Waals surface area (Å²) in [4.78, 5) is 0. The van der Waals surface area contributed by atoms with Crippen molar-refractivity contribution in [1.29, 1.82) is 0 Å². The molecule has 0 aromatic heterocycles. The third kappa shape index (κ3) is 5.88. The Labute approximate surface area is 134 Å². The first-order chi connectivity index (χ1) is 9.72. The van der Waals surface area contributed by atoms with Gasteiger partial charge in [-0.15, -0.1) is 6.58 Å². The van der Waals surface area contributed by atoms with Gasteiger partial charge >= 0.3 is 0 Å². The van der Waals surface area contributed by atoms with Gasteiger partial charge in [-0.1, -0.05) is 61.0 Å². The molecule has 0 unspecified atom stereocenters. The number of aliphatic hydroxyl groups is 1. The standard InChI is InChI=1S/C18H38O2Si/c1-9-11-17(19)13-18(12-10-2)20-21(14(3)4,15(5)6)16(7)8/h10,14-19H,2,9,11-13H2,1,3-8H3/t17-,18-/m1/s1. The maximum absolute atomic E-state index is 10.2. The summed E-state index contributed by atoms with van der Waals surface area (Å²) in [6, 6.07) is 0. The maximum atomic E-state index is 10.2. The van der Waals surface area contributed by atoms with Crippen molar-refractivity contribution in [2.75, 3.05) is 0 Å². The first-order valence-corrected chi connectivity index (χ1v) is 10.8. The fourth-order valence-corrected chi connectivity index (χ4v) is 9.42. The summed E-state index contributed by atoms with van der Waals surface area (Å²) in [5.74, 6) is 0. The Morgan fingerprint density at radius 1 is 1.05 bits per heavy atom. The van der Waals surface area contributed by atoms with Crippen LogP contribution in [0.15, 0.2) is 12.7 Å². The van der Waals surface area contributed by atoms with Crippen molar-refractivity contribution in [3.8, 4) is 0 Å². The highest BCUT2D eigenvalue weighted by Gasteiger charge is 2.46. The molecular formula is C18H38O2Si. The second-order valence-electron chi connectivity index (χ2n) is 7.26. The fourth-order valence-electron chi connectivity index (χ4n) is 3.83. The average Bonchev–Trinajstić information content (AvgIpc) is 2.34. The van der Waals surface area contributed by atoms with Crippen molar-refractivity contribution in [3.05, 3.63) is 12.7 Å². The molecule has 0 saturated carbocycles. The molecule has 0 aromatic carbocycles. The third-order valence-corrected chi connectivity index (χ3v) is 10.8. The zero-order chi connectivity index (χ0) is 16.6. The largest absolute Gasteiger partial charge is 0.413 e. The van der Waals surface area contributed by atoms with E-state index in [4.69, 9.17) is 4.43 Å². The minimum atomic E-state index is -1.88. The Morgan fingerprint density at radius 2 is 1.52 bits per heavy atom. The molecule has 0 saturated heterocycles. The molecule has 0 rings (SSSR count). The van der Waals surface area contributed by atoms with Crippen molar-refractivity contribution in [2.45, 2.75) is 103 Å². The Balaban J connectivity index is 5.17. The van der Waals surface area contributed by atoms with Crippen LogP contribution in [0.25, 0.3) is 0 Å². The van der Waals surface area contributed by atoms with E-state index >= 15 is 0 Å². The van der Waals surface area contributed by atoms with E-state index in [1.165, 1.54) is 0 Å². The molecule has 126 valence electrons. The van der Waals surface area contributed by atoms with E-state index in [9.17, 15) is 5.11 Å². The highest BCUT2D eigenvalue weighted by Crippen LogP contribution is 2.43. The van der Waals surface area contributed by atoms with E-state index in [1.54, 1.807) is 0 Å². The number of hydrogen-bond acceptors (Lipinski definition) is 2. The molecule has 2 atom stereocenters. The van der Waals surface area contributed by atoms with E-state index in [0.29, 0.717) is 16.6 Å². The van der Waals surface area contributed by atoms with Crippen LogP contribution in [-0.2, 0) is 4.43 Å². The first-order valence-electron chi connectivity index (χ1n) is 8.68. The van der Waals surface area contributed by atoms with E-state index in [-0.39, 0.29) is 12.2 Å². The van der Waals surface area contributed by atoms with Crippen LogP contribution in [-0.4, -0.2) is 25.6 Å². The van der Waals surface area contributed by atoms with Gasteiger partial charge in [-0.2, -0.15) is 0 Å². The average molecular weight is 315 g/mol. The summed E-state index contributed by atoms with van der Waals surface area (Å²) in [5.41, 5.74) is 1.73. The molecule has 0 aliphatic carbocycles. The van der Waals surface area contributed by atoms with Gasteiger partial charge in [0, 0.05) is 0 Å². The molecule has 3 heteroatoms. The second kappa shape index (κ2) is 9.81. The molecule has 0 aliphatic rings. The van der Waals surface area contributed by atoms with E-state index < -0.39 is 8.32 Å². The Kier molecular flexibility index (Phi) is 9.75. The first kappa shape index (κ1) is 20.9. The van der Waals surface area contributed by atoms with Crippen molar-refractivity contribution in [3.63, 3.8) is 0 Å². The van der Waals surface area contributed by atoms with Gasteiger partial charge in [-0.3, -0.25) is 0 Å². The smallest absolute Gasteiger partial charge is 0.200 e. The lowest BCUT2D eigenvalue weighted by atomic mass is 10.1. The summed E-state index contributed by atoms with van der Waals surface area (Å²) in [6.07, 6.45) is 5.24. The highest BCUT2D eigenvalue weighted by molar-refractivity contribution is 6.77. The zero-order valence-electron chi connectivity index (χ0n) is 15.4. The van der Waals surface area contributed by atoms with Crippen molar-refractivity contribution >= 4 is 8.32 Å². The van der Waals surface area contributed by atoms with Crippen molar-refractivity contribution < 1.29 is 9.53 Å². The van der Waals surface area contributed by atoms with Gasteiger partial charge in [0.15, 0.2) is 0 Å². The minimum absolute atomic E-state index is 0.114. The lowest BCUT2D eigenvalue weighted by molar-refractivity contribution is 0.0796. The van der Waals surface area contributed by atoms with Crippen LogP contribution in [0.3, 0.4) is 0 Å². The van der Waals surface area contributed by atoms with Gasteiger partial charge in [-0.25, -0.2) is 0 Å². The molecule has 2 nitrogen and oxygen atoms in total. The summed E-state index contributed by atoms with van der Waals surface area (Å²) >= 11 is 0. The number of hydrogen-bond donors (Lipinski definition) is 1. The predicted molar refractivity (Wildman–Crippen MR) is 96.3 cm³/mol. The Hall–Kier alpha value is -0.123. The van der Waals surface area contributed by atoms with Gasteiger partial charge in [0.1, 0.15) is 0 Å². The van der Waals surface area contributed by atoms with Gasteiger partial charge in [0.2, 0.25) is 8.32 Å². The van der Waals surface area contributed by atoms with Crippen LogP contribution in [0, 0.1) is 0 Å². The topological polar surface area (TPSA) is 29.5 Å². The molecule has 0 aromatic rings.